The zero-order chi connectivity index (χ0) is 16.3. The van der Waals surface area contributed by atoms with Gasteiger partial charge in [0.2, 0.25) is 0 Å². The van der Waals surface area contributed by atoms with Crippen molar-refractivity contribution in [3.63, 3.8) is 0 Å². The molecule has 3 N–H and O–H groups in total. The molecule has 1 fully saturated rings. The van der Waals surface area contributed by atoms with Crippen molar-refractivity contribution in [2.75, 3.05) is 19.6 Å². The van der Waals surface area contributed by atoms with Crippen LogP contribution in [0.1, 0.15) is 39.5 Å². The largest absolute Gasteiger partial charge is 0.402 e. The fraction of sp³-hybridized carbons (Fsp3) is 1.00. The summed E-state index contributed by atoms with van der Waals surface area (Å²) in [6, 6.07) is 0. The summed E-state index contributed by atoms with van der Waals surface area (Å²) in [5.74, 6) is 0.481. The average molecular weight is 331 g/mol. The summed E-state index contributed by atoms with van der Waals surface area (Å²) in [5.41, 5.74) is 5.00. The van der Waals surface area contributed by atoms with Gasteiger partial charge in [-0.3, -0.25) is 0 Å². The van der Waals surface area contributed by atoms with Crippen LogP contribution < -0.4 is 10.5 Å². The van der Waals surface area contributed by atoms with Crippen LogP contribution in [0.2, 0.25) is 0 Å². The van der Waals surface area contributed by atoms with Crippen LogP contribution in [0, 0.1) is 5.92 Å². The number of hydrogen-bond acceptors (Lipinski definition) is 3. The van der Waals surface area contributed by atoms with Crippen LogP contribution in [0.4, 0.5) is 13.2 Å². The highest BCUT2D eigenvalue weighted by Crippen LogP contribution is 2.37. The number of nitrogens with zero attached hydrogens (tertiary/aromatic N) is 1. The maximum Gasteiger partial charge on any atom is 0.402 e. The van der Waals surface area contributed by atoms with Gasteiger partial charge in [0, 0.05) is 18.6 Å². The summed E-state index contributed by atoms with van der Waals surface area (Å²) in [6.07, 6.45) is -1.79. The van der Waals surface area contributed by atoms with E-state index < -0.39 is 28.5 Å². The standard InChI is InChI=1S/C12H24F3N3O2S/c1-3-18(21(19,20)17-9-12(13,14)15)11(8-16)6-4-10(2)5-7-11/h10,17H,3-9,16H2,1-2H3. The molecule has 126 valence electrons. The predicted octanol–water partition coefficient (Wildman–Crippen LogP) is 1.61. The SMILES string of the molecule is CCN(C1(CN)CCC(C)CC1)S(=O)(=O)NCC(F)(F)F. The van der Waals surface area contributed by atoms with Gasteiger partial charge in [0.15, 0.2) is 0 Å². The Kier molecular flexibility index (Phi) is 6.05. The zero-order valence-corrected chi connectivity index (χ0v) is 13.2. The van der Waals surface area contributed by atoms with E-state index in [1.165, 1.54) is 0 Å². The molecule has 0 unspecified atom stereocenters. The Hall–Kier alpha value is -0.380. The molecule has 0 atom stereocenters. The van der Waals surface area contributed by atoms with E-state index in [4.69, 9.17) is 5.73 Å². The molecule has 0 bridgehead atoms. The van der Waals surface area contributed by atoms with E-state index in [2.05, 4.69) is 6.92 Å². The quantitative estimate of drug-likeness (QED) is 0.776. The van der Waals surface area contributed by atoms with Crippen LogP contribution >= 0.6 is 0 Å². The van der Waals surface area contributed by atoms with Crippen molar-refractivity contribution < 1.29 is 21.6 Å². The van der Waals surface area contributed by atoms with Gasteiger partial charge in [-0.2, -0.15) is 30.6 Å². The molecule has 5 nitrogen and oxygen atoms in total. The monoisotopic (exact) mass is 331 g/mol. The van der Waals surface area contributed by atoms with Crippen LogP contribution in [0.15, 0.2) is 0 Å². The van der Waals surface area contributed by atoms with E-state index in [0.717, 1.165) is 17.1 Å². The number of halogens is 3. The maximum atomic E-state index is 12.3. The smallest absolute Gasteiger partial charge is 0.329 e. The number of hydrogen-bond donors (Lipinski definition) is 2. The molecule has 0 aliphatic heterocycles. The first-order chi connectivity index (χ1) is 9.56. The first-order valence-electron chi connectivity index (χ1n) is 7.10. The van der Waals surface area contributed by atoms with E-state index in [-0.39, 0.29) is 13.1 Å². The summed E-state index contributed by atoms with van der Waals surface area (Å²) in [5, 5.41) is 0. The lowest BCUT2D eigenvalue weighted by Gasteiger charge is -2.45. The van der Waals surface area contributed by atoms with Crippen LogP contribution in [-0.4, -0.2) is 44.1 Å². The molecule has 1 rings (SSSR count). The van der Waals surface area contributed by atoms with Gasteiger partial charge >= 0.3 is 6.18 Å². The van der Waals surface area contributed by atoms with Crippen LogP contribution in [0.25, 0.3) is 0 Å². The normalized spacial score (nSPS) is 28.0. The Morgan fingerprint density at radius 2 is 1.86 bits per heavy atom. The second-order valence-corrected chi connectivity index (χ2v) is 7.40. The molecule has 1 aliphatic rings. The third-order valence-corrected chi connectivity index (χ3v) is 5.88. The van der Waals surface area contributed by atoms with Crippen LogP contribution in [0.5, 0.6) is 0 Å². The molecular weight excluding hydrogens is 307 g/mol. The minimum Gasteiger partial charge on any atom is -0.329 e. The highest BCUT2D eigenvalue weighted by molar-refractivity contribution is 7.87. The van der Waals surface area contributed by atoms with Gasteiger partial charge in [0.25, 0.3) is 10.2 Å². The molecule has 9 heteroatoms. The molecule has 1 aliphatic carbocycles. The third kappa shape index (κ3) is 4.80. The van der Waals surface area contributed by atoms with Gasteiger partial charge < -0.3 is 5.73 Å². The first kappa shape index (κ1) is 18.7. The summed E-state index contributed by atoms with van der Waals surface area (Å²) < 4.78 is 63.9. The van der Waals surface area contributed by atoms with Crippen molar-refractivity contribution in [2.24, 2.45) is 11.7 Å². The Balaban J connectivity index is 2.93. The highest BCUT2D eigenvalue weighted by Gasteiger charge is 2.44. The Morgan fingerprint density at radius 3 is 2.24 bits per heavy atom. The fourth-order valence-corrected chi connectivity index (χ4v) is 4.47. The lowest BCUT2D eigenvalue weighted by atomic mass is 9.77. The molecule has 0 aromatic heterocycles. The van der Waals surface area contributed by atoms with E-state index in [9.17, 15) is 21.6 Å². The van der Waals surface area contributed by atoms with Crippen molar-refractivity contribution in [1.82, 2.24) is 9.03 Å². The van der Waals surface area contributed by atoms with Crippen LogP contribution in [0.3, 0.4) is 0 Å². The number of likely N-dealkylation sites (N-methyl/N-ethyl adjacent to an activating group) is 1. The van der Waals surface area contributed by atoms with E-state index in [0.29, 0.717) is 18.8 Å². The number of nitrogens with one attached hydrogen (secondary N) is 1. The van der Waals surface area contributed by atoms with E-state index >= 15 is 0 Å². The van der Waals surface area contributed by atoms with Crippen molar-refractivity contribution in [3.8, 4) is 0 Å². The zero-order valence-electron chi connectivity index (χ0n) is 12.4. The molecule has 0 amide bonds. The van der Waals surface area contributed by atoms with Crippen molar-refractivity contribution in [2.45, 2.75) is 51.2 Å². The lowest BCUT2D eigenvalue weighted by molar-refractivity contribution is -0.121. The number of nitrogens with two attached hydrogens (primary N) is 1. The minimum atomic E-state index is -4.58. The van der Waals surface area contributed by atoms with Gasteiger partial charge in [0.05, 0.1) is 0 Å². The van der Waals surface area contributed by atoms with Crippen LogP contribution in [-0.2, 0) is 10.2 Å². The first-order valence-corrected chi connectivity index (χ1v) is 8.54. The summed E-state index contributed by atoms with van der Waals surface area (Å²) >= 11 is 0. The molecule has 0 spiro atoms. The molecule has 0 heterocycles. The molecule has 1 saturated carbocycles. The Bertz CT molecular complexity index is 432. The topological polar surface area (TPSA) is 75.4 Å². The Labute approximate surface area is 124 Å². The number of alkyl halides is 3. The molecule has 0 aromatic rings. The van der Waals surface area contributed by atoms with Gasteiger partial charge in [-0.1, -0.05) is 13.8 Å². The fourth-order valence-electron chi connectivity index (χ4n) is 2.87. The Morgan fingerprint density at radius 1 is 1.33 bits per heavy atom. The highest BCUT2D eigenvalue weighted by atomic mass is 32.2. The predicted molar refractivity (Wildman–Crippen MR) is 74.8 cm³/mol. The second kappa shape index (κ2) is 6.80. The lowest BCUT2D eigenvalue weighted by Crippen LogP contribution is -2.60. The van der Waals surface area contributed by atoms with Crippen molar-refractivity contribution in [3.05, 3.63) is 0 Å². The van der Waals surface area contributed by atoms with Gasteiger partial charge in [0.1, 0.15) is 6.54 Å². The molecule has 21 heavy (non-hydrogen) atoms. The molecular formula is C12H24F3N3O2S. The van der Waals surface area contributed by atoms with E-state index in [1.54, 1.807) is 11.6 Å². The second-order valence-electron chi connectivity index (χ2n) is 5.72. The average Bonchev–Trinajstić information content (AvgIpc) is 2.39. The van der Waals surface area contributed by atoms with Crippen molar-refractivity contribution in [1.29, 1.82) is 0 Å². The summed E-state index contributed by atoms with van der Waals surface area (Å²) in [7, 11) is -4.21. The number of rotatable bonds is 6. The van der Waals surface area contributed by atoms with Gasteiger partial charge in [-0.25, -0.2) is 0 Å². The minimum absolute atomic E-state index is 0.0960. The summed E-state index contributed by atoms with van der Waals surface area (Å²) in [6.45, 7) is 2.33. The molecule has 0 aromatic carbocycles. The van der Waals surface area contributed by atoms with Crippen molar-refractivity contribution >= 4 is 10.2 Å². The molecule has 0 radical (unpaired) electrons. The van der Waals surface area contributed by atoms with Gasteiger partial charge in [-0.15, -0.1) is 0 Å². The van der Waals surface area contributed by atoms with E-state index in [1.807, 2.05) is 0 Å². The summed E-state index contributed by atoms with van der Waals surface area (Å²) in [4.78, 5) is 0. The van der Waals surface area contributed by atoms with Gasteiger partial charge in [-0.05, 0) is 31.6 Å². The third-order valence-electron chi connectivity index (χ3n) is 4.15. The maximum absolute atomic E-state index is 12.3. The molecule has 0 saturated heterocycles.